The number of hydrogen-bond donors (Lipinski definition) is 1. The Morgan fingerprint density at radius 1 is 1.36 bits per heavy atom. The van der Waals surface area contributed by atoms with Crippen molar-refractivity contribution in [3.63, 3.8) is 0 Å². The van der Waals surface area contributed by atoms with E-state index in [1.54, 1.807) is 0 Å². The van der Waals surface area contributed by atoms with Gasteiger partial charge in [-0.25, -0.2) is 0 Å². The van der Waals surface area contributed by atoms with Crippen LogP contribution < -0.4 is 5.73 Å². The Labute approximate surface area is 91.3 Å². The number of hydrogen-bond acceptors (Lipinski definition) is 1. The number of aryl methyl sites for hydroxylation is 1. The molecule has 0 heterocycles. The van der Waals surface area contributed by atoms with Gasteiger partial charge >= 0.3 is 0 Å². The summed E-state index contributed by atoms with van der Waals surface area (Å²) in [6.45, 7) is 5.05. The molecular formula is C12H18ClN. The van der Waals surface area contributed by atoms with Crippen molar-refractivity contribution in [1.29, 1.82) is 0 Å². The van der Waals surface area contributed by atoms with Gasteiger partial charge in [0.2, 0.25) is 0 Å². The summed E-state index contributed by atoms with van der Waals surface area (Å²) in [6.07, 6.45) is 2.05. The van der Waals surface area contributed by atoms with Crippen molar-refractivity contribution in [3.8, 4) is 0 Å². The molecule has 0 aliphatic carbocycles. The first-order chi connectivity index (χ1) is 6.65. The second kappa shape index (κ2) is 5.38. The highest BCUT2D eigenvalue weighted by atomic mass is 35.5. The van der Waals surface area contributed by atoms with Crippen molar-refractivity contribution in [3.05, 3.63) is 34.3 Å². The van der Waals surface area contributed by atoms with Gasteiger partial charge in [0.1, 0.15) is 0 Å². The van der Waals surface area contributed by atoms with Gasteiger partial charge in [-0.15, -0.1) is 0 Å². The SMILES string of the molecule is CC(C)c1ccc(CCCN)cc1Cl. The van der Waals surface area contributed by atoms with Crippen molar-refractivity contribution in [2.45, 2.75) is 32.6 Å². The van der Waals surface area contributed by atoms with E-state index in [4.69, 9.17) is 17.3 Å². The van der Waals surface area contributed by atoms with Crippen LogP contribution in [0, 0.1) is 0 Å². The molecule has 14 heavy (non-hydrogen) atoms. The highest BCUT2D eigenvalue weighted by molar-refractivity contribution is 6.31. The fraction of sp³-hybridized carbons (Fsp3) is 0.500. The molecule has 0 amide bonds. The van der Waals surface area contributed by atoms with Crippen LogP contribution in [-0.2, 0) is 6.42 Å². The second-order valence-electron chi connectivity index (χ2n) is 3.90. The zero-order valence-corrected chi connectivity index (χ0v) is 9.64. The maximum atomic E-state index is 6.17. The molecule has 2 N–H and O–H groups in total. The summed E-state index contributed by atoms with van der Waals surface area (Å²) in [7, 11) is 0. The summed E-state index contributed by atoms with van der Waals surface area (Å²) in [5.41, 5.74) is 7.97. The predicted octanol–water partition coefficient (Wildman–Crippen LogP) is 3.35. The van der Waals surface area contributed by atoms with Crippen LogP contribution in [0.1, 0.15) is 37.3 Å². The van der Waals surface area contributed by atoms with Crippen molar-refractivity contribution >= 4 is 11.6 Å². The topological polar surface area (TPSA) is 26.0 Å². The Morgan fingerprint density at radius 2 is 2.07 bits per heavy atom. The summed E-state index contributed by atoms with van der Waals surface area (Å²) >= 11 is 6.17. The second-order valence-corrected chi connectivity index (χ2v) is 4.31. The molecule has 2 heteroatoms. The molecule has 1 aromatic carbocycles. The van der Waals surface area contributed by atoms with Crippen LogP contribution in [0.2, 0.25) is 5.02 Å². The quantitative estimate of drug-likeness (QED) is 0.812. The minimum Gasteiger partial charge on any atom is -0.330 e. The molecule has 0 saturated carbocycles. The first-order valence-corrected chi connectivity index (χ1v) is 5.51. The van der Waals surface area contributed by atoms with Gasteiger partial charge < -0.3 is 5.73 Å². The minimum absolute atomic E-state index is 0.492. The molecule has 0 radical (unpaired) electrons. The average Bonchev–Trinajstić information content (AvgIpc) is 2.14. The molecule has 0 bridgehead atoms. The van der Waals surface area contributed by atoms with Gasteiger partial charge in [0, 0.05) is 5.02 Å². The Kier molecular flexibility index (Phi) is 4.43. The Balaban J connectivity index is 2.78. The van der Waals surface area contributed by atoms with E-state index in [2.05, 4.69) is 32.0 Å². The zero-order valence-electron chi connectivity index (χ0n) is 8.89. The molecule has 78 valence electrons. The van der Waals surface area contributed by atoms with E-state index in [1.807, 2.05) is 0 Å². The first-order valence-electron chi connectivity index (χ1n) is 5.13. The Morgan fingerprint density at radius 3 is 2.57 bits per heavy atom. The van der Waals surface area contributed by atoms with Gasteiger partial charge in [0.15, 0.2) is 0 Å². The maximum absolute atomic E-state index is 6.17. The number of halogens is 1. The molecule has 1 rings (SSSR count). The van der Waals surface area contributed by atoms with Gasteiger partial charge in [-0.3, -0.25) is 0 Å². The third-order valence-corrected chi connectivity index (χ3v) is 2.68. The third-order valence-electron chi connectivity index (χ3n) is 2.36. The third kappa shape index (κ3) is 3.00. The normalized spacial score (nSPS) is 10.9. The van der Waals surface area contributed by atoms with Crippen molar-refractivity contribution < 1.29 is 0 Å². The fourth-order valence-corrected chi connectivity index (χ4v) is 1.92. The van der Waals surface area contributed by atoms with E-state index < -0.39 is 0 Å². The van der Waals surface area contributed by atoms with Crippen LogP contribution >= 0.6 is 11.6 Å². The summed E-state index contributed by atoms with van der Waals surface area (Å²) in [4.78, 5) is 0. The summed E-state index contributed by atoms with van der Waals surface area (Å²) in [6, 6.07) is 6.34. The van der Waals surface area contributed by atoms with E-state index >= 15 is 0 Å². The van der Waals surface area contributed by atoms with Crippen molar-refractivity contribution in [2.75, 3.05) is 6.54 Å². The monoisotopic (exact) mass is 211 g/mol. The van der Waals surface area contributed by atoms with Gasteiger partial charge in [-0.2, -0.15) is 0 Å². The smallest absolute Gasteiger partial charge is 0.0443 e. The molecule has 0 aliphatic rings. The van der Waals surface area contributed by atoms with E-state index in [0.29, 0.717) is 5.92 Å². The van der Waals surface area contributed by atoms with Crippen LogP contribution in [0.25, 0.3) is 0 Å². The van der Waals surface area contributed by atoms with Crippen LogP contribution in [-0.4, -0.2) is 6.54 Å². The molecule has 0 aromatic heterocycles. The van der Waals surface area contributed by atoms with E-state index in [0.717, 1.165) is 24.4 Å². The van der Waals surface area contributed by atoms with E-state index in [-0.39, 0.29) is 0 Å². The van der Waals surface area contributed by atoms with Gasteiger partial charge in [0.25, 0.3) is 0 Å². The highest BCUT2D eigenvalue weighted by Gasteiger charge is 2.05. The molecule has 0 aliphatic heterocycles. The fourth-order valence-electron chi connectivity index (χ4n) is 1.50. The maximum Gasteiger partial charge on any atom is 0.0443 e. The number of benzene rings is 1. The van der Waals surface area contributed by atoms with Gasteiger partial charge in [-0.05, 0) is 42.5 Å². The molecule has 0 saturated heterocycles. The minimum atomic E-state index is 0.492. The first kappa shape index (κ1) is 11.5. The lowest BCUT2D eigenvalue weighted by Crippen LogP contribution is -2.00. The van der Waals surface area contributed by atoms with Crippen LogP contribution in [0.15, 0.2) is 18.2 Å². The van der Waals surface area contributed by atoms with Crippen molar-refractivity contribution in [1.82, 2.24) is 0 Å². The lowest BCUT2D eigenvalue weighted by Gasteiger charge is -2.09. The van der Waals surface area contributed by atoms with Crippen molar-refractivity contribution in [2.24, 2.45) is 5.73 Å². The molecule has 1 nitrogen and oxygen atoms in total. The zero-order chi connectivity index (χ0) is 10.6. The number of nitrogens with two attached hydrogens (primary N) is 1. The molecule has 1 aromatic rings. The number of rotatable bonds is 4. The largest absolute Gasteiger partial charge is 0.330 e. The molecule has 0 fully saturated rings. The summed E-state index contributed by atoms with van der Waals surface area (Å²) in [5.74, 6) is 0.492. The van der Waals surface area contributed by atoms with E-state index in [9.17, 15) is 0 Å². The van der Waals surface area contributed by atoms with Gasteiger partial charge in [0.05, 0.1) is 0 Å². The predicted molar refractivity (Wildman–Crippen MR) is 62.9 cm³/mol. The molecular weight excluding hydrogens is 194 g/mol. The van der Waals surface area contributed by atoms with E-state index in [1.165, 1.54) is 11.1 Å². The molecule has 0 spiro atoms. The molecule has 0 unspecified atom stereocenters. The summed E-state index contributed by atoms with van der Waals surface area (Å²) < 4.78 is 0. The van der Waals surface area contributed by atoms with Gasteiger partial charge in [-0.1, -0.05) is 37.6 Å². The Hall–Kier alpha value is -0.530. The van der Waals surface area contributed by atoms with Crippen LogP contribution in [0.5, 0.6) is 0 Å². The van der Waals surface area contributed by atoms with Crippen LogP contribution in [0.4, 0.5) is 0 Å². The Bertz CT molecular complexity index is 294. The van der Waals surface area contributed by atoms with Crippen LogP contribution in [0.3, 0.4) is 0 Å². The lowest BCUT2D eigenvalue weighted by atomic mass is 10.00. The lowest BCUT2D eigenvalue weighted by molar-refractivity contribution is 0.827. The summed E-state index contributed by atoms with van der Waals surface area (Å²) in [5, 5.41) is 0.884. The average molecular weight is 212 g/mol. The molecule has 0 atom stereocenters. The highest BCUT2D eigenvalue weighted by Crippen LogP contribution is 2.25. The standard InChI is InChI=1S/C12H18ClN/c1-9(2)11-6-5-10(4-3-7-14)8-12(11)13/h5-6,8-9H,3-4,7,14H2,1-2H3.